The van der Waals surface area contributed by atoms with E-state index in [0.717, 1.165) is 16.2 Å². The lowest BCUT2D eigenvalue weighted by Crippen LogP contribution is -2.17. The van der Waals surface area contributed by atoms with Crippen LogP contribution in [0.2, 0.25) is 0 Å². The van der Waals surface area contributed by atoms with Crippen LogP contribution in [-0.2, 0) is 0 Å². The van der Waals surface area contributed by atoms with Crippen LogP contribution in [0.15, 0.2) is 47.1 Å². The molecule has 0 unspecified atom stereocenters. The molecule has 3 N–H and O–H groups in total. The van der Waals surface area contributed by atoms with Crippen molar-refractivity contribution in [3.63, 3.8) is 0 Å². The van der Waals surface area contributed by atoms with Crippen molar-refractivity contribution < 1.29 is 18.4 Å². The second-order valence-corrected chi connectivity index (χ2v) is 6.58. The highest BCUT2D eigenvalue weighted by Gasteiger charge is 2.19. The molecule has 3 aromatic rings. The van der Waals surface area contributed by atoms with Crippen molar-refractivity contribution in [2.75, 3.05) is 5.32 Å². The molecule has 0 fully saturated rings. The normalized spacial score (nSPS) is 10.7. The summed E-state index contributed by atoms with van der Waals surface area (Å²) in [5, 5.41) is 6.49. The molecule has 2 amide bonds. The van der Waals surface area contributed by atoms with Crippen molar-refractivity contribution in [1.82, 2.24) is 9.78 Å². The van der Waals surface area contributed by atoms with Gasteiger partial charge < -0.3 is 11.1 Å². The number of benzene rings is 2. The van der Waals surface area contributed by atoms with Gasteiger partial charge in [0, 0.05) is 10.5 Å². The number of halogens is 3. The molecule has 1 aromatic heterocycles. The first kappa shape index (κ1) is 18.7. The maximum absolute atomic E-state index is 13.9. The molecule has 0 spiro atoms. The van der Waals surface area contributed by atoms with Crippen molar-refractivity contribution in [3.8, 4) is 5.69 Å². The summed E-state index contributed by atoms with van der Waals surface area (Å²) in [4.78, 5) is 23.7. The molecule has 0 saturated heterocycles. The first-order chi connectivity index (χ1) is 12.8. The summed E-state index contributed by atoms with van der Waals surface area (Å²) >= 11 is 3.34. The first-order valence-corrected chi connectivity index (χ1v) is 8.48. The summed E-state index contributed by atoms with van der Waals surface area (Å²) in [6, 6.07) is 8.63. The van der Waals surface area contributed by atoms with Crippen molar-refractivity contribution in [2.24, 2.45) is 5.73 Å². The van der Waals surface area contributed by atoms with Gasteiger partial charge in [-0.2, -0.15) is 5.10 Å². The average Bonchev–Trinajstić information content (AvgIpc) is 2.99. The largest absolute Gasteiger partial charge is 0.366 e. The molecule has 0 aliphatic rings. The smallest absolute Gasteiger partial charge is 0.259 e. The molecule has 1 heterocycles. The Morgan fingerprint density at radius 1 is 1.11 bits per heavy atom. The number of primary amides is 1. The maximum atomic E-state index is 13.9. The number of nitrogens with zero attached hydrogens (tertiary/aromatic N) is 2. The maximum Gasteiger partial charge on any atom is 0.259 e. The first-order valence-electron chi connectivity index (χ1n) is 7.68. The number of nitrogens with two attached hydrogens (primary N) is 1. The van der Waals surface area contributed by atoms with Gasteiger partial charge in [-0.25, -0.2) is 13.5 Å². The average molecular weight is 435 g/mol. The van der Waals surface area contributed by atoms with Crippen molar-refractivity contribution in [3.05, 3.63) is 75.5 Å². The Labute approximate surface area is 161 Å². The van der Waals surface area contributed by atoms with Crippen molar-refractivity contribution >= 4 is 33.4 Å². The van der Waals surface area contributed by atoms with E-state index in [1.807, 2.05) is 24.3 Å². The fourth-order valence-electron chi connectivity index (χ4n) is 2.50. The predicted octanol–water partition coefficient (Wildman–Crippen LogP) is 3.57. The molecule has 2 aromatic carbocycles. The minimum Gasteiger partial charge on any atom is -0.366 e. The Morgan fingerprint density at radius 2 is 1.78 bits per heavy atom. The van der Waals surface area contributed by atoms with E-state index in [-0.39, 0.29) is 11.3 Å². The van der Waals surface area contributed by atoms with Crippen LogP contribution in [0.1, 0.15) is 26.4 Å². The quantitative estimate of drug-likeness (QED) is 0.657. The van der Waals surface area contributed by atoms with E-state index in [1.54, 1.807) is 11.6 Å². The lowest BCUT2D eigenvalue weighted by Gasteiger charge is -2.09. The predicted molar refractivity (Wildman–Crippen MR) is 98.8 cm³/mol. The van der Waals surface area contributed by atoms with E-state index in [1.165, 1.54) is 6.20 Å². The molecule has 6 nitrogen and oxygen atoms in total. The standard InChI is InChI=1S/C18H13BrF2N4O2/c1-9-13(8-23-25(9)11-4-2-10(19)3-5-11)18(27)24-16-6-12(17(22)26)14(20)7-15(16)21/h2-8H,1H3,(H2,22,26)(H,24,27). The third kappa shape index (κ3) is 3.72. The van der Waals surface area contributed by atoms with Gasteiger partial charge in [-0.05, 0) is 37.3 Å². The van der Waals surface area contributed by atoms with Gasteiger partial charge in [0.1, 0.15) is 11.6 Å². The molecule has 9 heteroatoms. The number of amides is 2. The zero-order chi connectivity index (χ0) is 19.7. The number of hydrogen-bond donors (Lipinski definition) is 2. The number of carbonyl (C=O) groups excluding carboxylic acids is 2. The minimum absolute atomic E-state index is 0.197. The Kier molecular flexibility index (Phi) is 5.04. The molecule has 0 saturated carbocycles. The zero-order valence-corrected chi connectivity index (χ0v) is 15.5. The van der Waals surface area contributed by atoms with Gasteiger partial charge in [-0.15, -0.1) is 0 Å². The highest BCUT2D eigenvalue weighted by molar-refractivity contribution is 9.10. The fraction of sp³-hybridized carbons (Fsp3) is 0.0556. The van der Waals surface area contributed by atoms with E-state index in [2.05, 4.69) is 26.3 Å². The van der Waals surface area contributed by atoms with Gasteiger partial charge in [0.25, 0.3) is 11.8 Å². The number of carbonyl (C=O) groups is 2. The van der Waals surface area contributed by atoms with Crippen LogP contribution in [0.25, 0.3) is 5.69 Å². The third-order valence-corrected chi connectivity index (χ3v) is 4.42. The topological polar surface area (TPSA) is 90.0 Å². The molecular formula is C18H13BrF2N4O2. The number of nitrogens with one attached hydrogen (secondary N) is 1. The molecule has 138 valence electrons. The van der Waals surface area contributed by atoms with Gasteiger partial charge in [-0.3, -0.25) is 9.59 Å². The van der Waals surface area contributed by atoms with Gasteiger partial charge in [0.05, 0.1) is 34.4 Å². The fourth-order valence-corrected chi connectivity index (χ4v) is 2.76. The molecule has 0 bridgehead atoms. The number of hydrogen-bond acceptors (Lipinski definition) is 3. The Balaban J connectivity index is 1.91. The molecule has 27 heavy (non-hydrogen) atoms. The second kappa shape index (κ2) is 7.28. The van der Waals surface area contributed by atoms with Crippen molar-refractivity contribution in [1.29, 1.82) is 0 Å². The summed E-state index contributed by atoms with van der Waals surface area (Å²) in [5.41, 5.74) is 5.62. The van der Waals surface area contributed by atoms with E-state index in [9.17, 15) is 18.4 Å². The van der Waals surface area contributed by atoms with E-state index >= 15 is 0 Å². The molecular weight excluding hydrogens is 422 g/mol. The van der Waals surface area contributed by atoms with Gasteiger partial charge >= 0.3 is 0 Å². The zero-order valence-electron chi connectivity index (χ0n) is 14.0. The number of anilines is 1. The summed E-state index contributed by atoms with van der Waals surface area (Å²) in [6.07, 6.45) is 1.34. The highest BCUT2D eigenvalue weighted by atomic mass is 79.9. The molecule has 0 aliphatic carbocycles. The molecule has 0 aliphatic heterocycles. The molecule has 0 atom stereocenters. The van der Waals surface area contributed by atoms with Crippen LogP contribution >= 0.6 is 15.9 Å². The van der Waals surface area contributed by atoms with Gasteiger partial charge in [-0.1, -0.05) is 15.9 Å². The Morgan fingerprint density at radius 3 is 2.41 bits per heavy atom. The Bertz CT molecular complexity index is 1050. The van der Waals surface area contributed by atoms with Crippen LogP contribution in [0.3, 0.4) is 0 Å². The van der Waals surface area contributed by atoms with Crippen LogP contribution in [0.4, 0.5) is 14.5 Å². The number of aromatic nitrogens is 2. The Hall–Kier alpha value is -3.07. The minimum atomic E-state index is -1.10. The summed E-state index contributed by atoms with van der Waals surface area (Å²) in [5.74, 6) is -3.85. The highest BCUT2D eigenvalue weighted by Crippen LogP contribution is 2.22. The lowest BCUT2D eigenvalue weighted by molar-refractivity contribution is 0.0992. The monoisotopic (exact) mass is 434 g/mol. The van der Waals surface area contributed by atoms with Gasteiger partial charge in [0.15, 0.2) is 0 Å². The van der Waals surface area contributed by atoms with Crippen LogP contribution in [0.5, 0.6) is 0 Å². The van der Waals surface area contributed by atoms with E-state index in [4.69, 9.17) is 5.73 Å². The summed E-state index contributed by atoms with van der Waals surface area (Å²) < 4.78 is 29.9. The second-order valence-electron chi connectivity index (χ2n) is 5.66. The SMILES string of the molecule is Cc1c(C(=O)Nc2cc(C(N)=O)c(F)cc2F)cnn1-c1ccc(Br)cc1. The van der Waals surface area contributed by atoms with E-state index < -0.39 is 29.0 Å². The lowest BCUT2D eigenvalue weighted by atomic mass is 10.1. The summed E-state index contributed by atoms with van der Waals surface area (Å²) in [6.45, 7) is 1.68. The van der Waals surface area contributed by atoms with Gasteiger partial charge in [0.2, 0.25) is 0 Å². The number of rotatable bonds is 4. The van der Waals surface area contributed by atoms with Crippen molar-refractivity contribution in [2.45, 2.75) is 6.92 Å². The summed E-state index contributed by atoms with van der Waals surface area (Å²) in [7, 11) is 0. The van der Waals surface area contributed by atoms with Crippen LogP contribution in [-0.4, -0.2) is 21.6 Å². The van der Waals surface area contributed by atoms with E-state index in [0.29, 0.717) is 11.8 Å². The molecule has 3 rings (SSSR count). The van der Waals surface area contributed by atoms with Crippen LogP contribution in [0, 0.1) is 18.6 Å². The third-order valence-electron chi connectivity index (χ3n) is 3.90. The molecule has 0 radical (unpaired) electrons. The van der Waals surface area contributed by atoms with Crippen LogP contribution < -0.4 is 11.1 Å².